The predicted octanol–water partition coefficient (Wildman–Crippen LogP) is 5.47. The van der Waals surface area contributed by atoms with E-state index in [4.69, 9.17) is 11.6 Å². The van der Waals surface area contributed by atoms with Gasteiger partial charge in [0.05, 0.1) is 0 Å². The van der Waals surface area contributed by atoms with Crippen molar-refractivity contribution in [3.63, 3.8) is 0 Å². The van der Waals surface area contributed by atoms with Crippen molar-refractivity contribution < 1.29 is 0 Å². The van der Waals surface area contributed by atoms with Crippen molar-refractivity contribution in [2.45, 2.75) is 31.1 Å². The first-order chi connectivity index (χ1) is 9.25. The zero-order valence-electron chi connectivity index (χ0n) is 11.2. The van der Waals surface area contributed by atoms with Crippen LogP contribution in [0.5, 0.6) is 0 Å². The van der Waals surface area contributed by atoms with Crippen molar-refractivity contribution in [1.29, 1.82) is 0 Å². The molecule has 0 bridgehead atoms. The summed E-state index contributed by atoms with van der Waals surface area (Å²) in [6.07, 6.45) is 2.37. The van der Waals surface area contributed by atoms with Gasteiger partial charge in [-0.05, 0) is 41.4 Å². The summed E-state index contributed by atoms with van der Waals surface area (Å²) in [5.41, 5.74) is 4.01. The Morgan fingerprint density at radius 2 is 1.47 bits per heavy atom. The van der Waals surface area contributed by atoms with Gasteiger partial charge >= 0.3 is 0 Å². The van der Waals surface area contributed by atoms with Crippen molar-refractivity contribution in [2.24, 2.45) is 5.92 Å². The smallest absolute Gasteiger partial charge is 0.0367 e. The van der Waals surface area contributed by atoms with Crippen LogP contribution in [0.1, 0.15) is 31.2 Å². The van der Waals surface area contributed by atoms with Gasteiger partial charge in [-0.1, -0.05) is 61.5 Å². The van der Waals surface area contributed by atoms with E-state index in [9.17, 15) is 0 Å². The Bertz CT molecular complexity index is 529. The topological polar surface area (TPSA) is 0 Å². The number of benzene rings is 2. The maximum absolute atomic E-state index is 6.33. The molecule has 98 valence electrons. The molecule has 0 nitrogen and oxygen atoms in total. The van der Waals surface area contributed by atoms with Crippen LogP contribution < -0.4 is 0 Å². The van der Waals surface area contributed by atoms with Gasteiger partial charge < -0.3 is 0 Å². The predicted molar refractivity (Wildman–Crippen MR) is 82.7 cm³/mol. The lowest BCUT2D eigenvalue weighted by molar-refractivity contribution is 0.538. The van der Waals surface area contributed by atoms with Gasteiger partial charge in [0.15, 0.2) is 0 Å². The van der Waals surface area contributed by atoms with Gasteiger partial charge in [0.2, 0.25) is 0 Å². The van der Waals surface area contributed by atoms with Crippen LogP contribution in [-0.4, -0.2) is 5.38 Å². The third kappa shape index (κ3) is 2.55. The van der Waals surface area contributed by atoms with Crippen LogP contribution >= 0.6 is 11.6 Å². The Kier molecular flexibility index (Phi) is 3.61. The lowest BCUT2D eigenvalue weighted by Gasteiger charge is -2.17. The summed E-state index contributed by atoms with van der Waals surface area (Å²) >= 11 is 6.33. The first-order valence-corrected chi connectivity index (χ1v) is 7.49. The van der Waals surface area contributed by atoms with E-state index < -0.39 is 0 Å². The highest BCUT2D eigenvalue weighted by Crippen LogP contribution is 2.42. The minimum Gasteiger partial charge on any atom is -0.123 e. The van der Waals surface area contributed by atoms with Gasteiger partial charge in [-0.15, -0.1) is 11.6 Å². The monoisotopic (exact) mass is 270 g/mol. The quantitative estimate of drug-likeness (QED) is 0.635. The van der Waals surface area contributed by atoms with E-state index in [1.165, 1.54) is 23.1 Å². The summed E-state index contributed by atoms with van der Waals surface area (Å²) in [6.45, 7) is 2.28. The van der Waals surface area contributed by atoms with Crippen LogP contribution in [0.25, 0.3) is 11.1 Å². The zero-order valence-corrected chi connectivity index (χ0v) is 12.0. The van der Waals surface area contributed by atoms with E-state index in [0.29, 0.717) is 17.2 Å². The first-order valence-electron chi connectivity index (χ1n) is 7.05. The Labute approximate surface area is 120 Å². The van der Waals surface area contributed by atoms with E-state index in [-0.39, 0.29) is 0 Å². The highest BCUT2D eigenvalue weighted by Gasteiger charge is 2.32. The second-order valence-corrected chi connectivity index (χ2v) is 6.11. The van der Waals surface area contributed by atoms with Crippen LogP contribution in [0.3, 0.4) is 0 Å². The van der Waals surface area contributed by atoms with Crippen molar-refractivity contribution in [3.05, 3.63) is 60.2 Å². The molecule has 3 unspecified atom stereocenters. The fraction of sp³-hybridized carbons (Fsp3) is 0.333. The molecule has 0 N–H and O–H groups in total. The molecule has 0 heterocycles. The molecule has 0 saturated heterocycles. The molecule has 0 radical (unpaired) electrons. The normalized spacial score (nSPS) is 26.5. The molecule has 0 aliphatic heterocycles. The van der Waals surface area contributed by atoms with Crippen LogP contribution in [0.15, 0.2) is 54.6 Å². The standard InChI is InChI=1S/C18H19Cl/c1-13-17(11-12-18(13)19)16-9-7-15(8-10-16)14-5-3-2-4-6-14/h2-10,13,17-18H,11-12H2,1H3. The highest BCUT2D eigenvalue weighted by atomic mass is 35.5. The molecule has 3 atom stereocenters. The summed E-state index contributed by atoms with van der Waals surface area (Å²) in [6, 6.07) is 19.6. The summed E-state index contributed by atoms with van der Waals surface area (Å²) in [5.74, 6) is 1.22. The fourth-order valence-corrected chi connectivity index (χ4v) is 3.44. The van der Waals surface area contributed by atoms with Crippen LogP contribution in [0, 0.1) is 5.92 Å². The lowest BCUT2D eigenvalue weighted by Crippen LogP contribution is -2.09. The molecule has 1 fully saturated rings. The van der Waals surface area contributed by atoms with Gasteiger partial charge in [0, 0.05) is 5.38 Å². The molecule has 3 rings (SSSR count). The maximum atomic E-state index is 6.33. The molecule has 1 saturated carbocycles. The molecular weight excluding hydrogens is 252 g/mol. The van der Waals surface area contributed by atoms with Crippen molar-refractivity contribution in [3.8, 4) is 11.1 Å². The Balaban J connectivity index is 1.84. The minimum atomic E-state index is 0.346. The summed E-state index contributed by atoms with van der Waals surface area (Å²) in [5, 5.41) is 0.346. The largest absolute Gasteiger partial charge is 0.123 e. The van der Waals surface area contributed by atoms with E-state index in [2.05, 4.69) is 61.5 Å². The van der Waals surface area contributed by atoms with Gasteiger partial charge in [-0.2, -0.15) is 0 Å². The van der Waals surface area contributed by atoms with Crippen LogP contribution in [0.4, 0.5) is 0 Å². The molecule has 0 amide bonds. The fourth-order valence-electron chi connectivity index (χ4n) is 3.14. The van der Waals surface area contributed by atoms with Crippen LogP contribution in [-0.2, 0) is 0 Å². The molecule has 19 heavy (non-hydrogen) atoms. The SMILES string of the molecule is CC1C(Cl)CCC1c1ccc(-c2ccccc2)cc1. The second kappa shape index (κ2) is 5.38. The van der Waals surface area contributed by atoms with E-state index >= 15 is 0 Å². The Hall–Kier alpha value is -1.27. The second-order valence-electron chi connectivity index (χ2n) is 5.55. The summed E-state index contributed by atoms with van der Waals surface area (Å²) < 4.78 is 0. The molecule has 1 heteroatoms. The zero-order chi connectivity index (χ0) is 13.2. The lowest BCUT2D eigenvalue weighted by atomic mass is 9.89. The number of hydrogen-bond donors (Lipinski definition) is 0. The molecule has 2 aromatic carbocycles. The molecule has 1 aliphatic rings. The van der Waals surface area contributed by atoms with Crippen molar-refractivity contribution >= 4 is 11.6 Å². The maximum Gasteiger partial charge on any atom is 0.0367 e. The van der Waals surface area contributed by atoms with E-state index in [0.717, 1.165) is 6.42 Å². The van der Waals surface area contributed by atoms with Gasteiger partial charge in [-0.3, -0.25) is 0 Å². The van der Waals surface area contributed by atoms with Crippen molar-refractivity contribution in [2.75, 3.05) is 0 Å². The number of rotatable bonds is 2. The molecule has 2 aromatic rings. The third-order valence-corrected chi connectivity index (χ3v) is 5.02. The van der Waals surface area contributed by atoms with Gasteiger partial charge in [-0.25, -0.2) is 0 Å². The van der Waals surface area contributed by atoms with Gasteiger partial charge in [0.1, 0.15) is 0 Å². The number of alkyl halides is 1. The number of halogens is 1. The summed E-state index contributed by atoms with van der Waals surface area (Å²) in [7, 11) is 0. The van der Waals surface area contributed by atoms with Crippen molar-refractivity contribution in [1.82, 2.24) is 0 Å². The molecule has 1 aliphatic carbocycles. The Morgan fingerprint density at radius 3 is 2.05 bits per heavy atom. The first kappa shape index (κ1) is 12.7. The van der Waals surface area contributed by atoms with E-state index in [1.54, 1.807) is 0 Å². The van der Waals surface area contributed by atoms with E-state index in [1.807, 2.05) is 0 Å². The Morgan fingerprint density at radius 1 is 0.842 bits per heavy atom. The average molecular weight is 271 g/mol. The highest BCUT2D eigenvalue weighted by molar-refractivity contribution is 6.21. The molecule has 0 spiro atoms. The minimum absolute atomic E-state index is 0.346. The summed E-state index contributed by atoms with van der Waals surface area (Å²) in [4.78, 5) is 0. The third-order valence-electron chi connectivity index (χ3n) is 4.40. The number of hydrogen-bond acceptors (Lipinski definition) is 0. The molecular formula is C18H19Cl. The van der Waals surface area contributed by atoms with Gasteiger partial charge in [0.25, 0.3) is 0 Å². The van der Waals surface area contributed by atoms with Crippen LogP contribution in [0.2, 0.25) is 0 Å². The average Bonchev–Trinajstić information content (AvgIpc) is 2.80. The molecule has 0 aromatic heterocycles.